The molecule has 1 heterocycles. The predicted octanol–water partition coefficient (Wildman–Crippen LogP) is 3.83. The van der Waals surface area contributed by atoms with Crippen LogP contribution in [-0.4, -0.2) is 25.1 Å². The third-order valence-corrected chi connectivity index (χ3v) is 3.97. The Balaban J connectivity index is 2.38. The van der Waals surface area contributed by atoms with Crippen LogP contribution >= 0.6 is 0 Å². The topological polar surface area (TPSA) is 28.2 Å². The lowest BCUT2D eigenvalue weighted by molar-refractivity contribution is 0.558. The zero-order chi connectivity index (χ0) is 15.2. The Morgan fingerprint density at radius 1 is 1.24 bits per heavy atom. The van der Waals surface area contributed by atoms with Crippen LogP contribution in [0.4, 0.5) is 5.82 Å². The van der Waals surface area contributed by atoms with E-state index in [0.717, 1.165) is 31.1 Å². The van der Waals surface area contributed by atoms with E-state index in [4.69, 9.17) is 4.98 Å². The molecule has 0 saturated carbocycles. The van der Waals surface area contributed by atoms with E-state index in [-0.39, 0.29) is 0 Å². The predicted molar refractivity (Wildman–Crippen MR) is 91.8 cm³/mol. The molecule has 1 aromatic carbocycles. The molecule has 0 bridgehead atoms. The largest absolute Gasteiger partial charge is 0.359 e. The lowest BCUT2D eigenvalue weighted by atomic mass is 10.1. The molecule has 0 fully saturated rings. The van der Waals surface area contributed by atoms with Crippen LogP contribution in [-0.2, 0) is 6.54 Å². The molecule has 1 atom stereocenters. The van der Waals surface area contributed by atoms with Crippen molar-refractivity contribution in [2.75, 3.05) is 25.0 Å². The molecule has 21 heavy (non-hydrogen) atoms. The van der Waals surface area contributed by atoms with Gasteiger partial charge in [-0.15, -0.1) is 0 Å². The van der Waals surface area contributed by atoms with Crippen molar-refractivity contribution in [1.82, 2.24) is 10.3 Å². The zero-order valence-electron chi connectivity index (χ0n) is 13.7. The van der Waals surface area contributed by atoms with Crippen molar-refractivity contribution in [1.29, 1.82) is 0 Å². The summed E-state index contributed by atoms with van der Waals surface area (Å²) in [4.78, 5) is 7.19. The first kappa shape index (κ1) is 15.8. The lowest BCUT2D eigenvalue weighted by Gasteiger charge is -2.24. The summed E-state index contributed by atoms with van der Waals surface area (Å²) in [5, 5.41) is 5.88. The summed E-state index contributed by atoms with van der Waals surface area (Å²) in [5.41, 5.74) is 1.11. The molecule has 1 aromatic heterocycles. The molecule has 1 N–H and O–H groups in total. The van der Waals surface area contributed by atoms with Crippen LogP contribution in [0.2, 0.25) is 0 Å². The monoisotopic (exact) mass is 285 g/mol. The molecule has 114 valence electrons. The summed E-state index contributed by atoms with van der Waals surface area (Å²) >= 11 is 0. The quantitative estimate of drug-likeness (QED) is 0.838. The van der Waals surface area contributed by atoms with Gasteiger partial charge >= 0.3 is 0 Å². The fourth-order valence-electron chi connectivity index (χ4n) is 2.55. The minimum absolute atomic E-state index is 0.674. The van der Waals surface area contributed by atoms with Gasteiger partial charge in [0.15, 0.2) is 0 Å². The second-order valence-corrected chi connectivity index (χ2v) is 5.83. The molecule has 3 heteroatoms. The van der Waals surface area contributed by atoms with Gasteiger partial charge in [0.05, 0.1) is 5.69 Å². The average Bonchev–Trinajstić information content (AvgIpc) is 2.51. The first-order chi connectivity index (χ1) is 10.2. The van der Waals surface area contributed by atoms with Crippen LogP contribution < -0.4 is 10.2 Å². The summed E-state index contributed by atoms with van der Waals surface area (Å²) in [6.45, 7) is 9.49. The Labute approximate surface area is 128 Å². The Kier molecular flexibility index (Phi) is 5.57. The standard InChI is InChI=1S/C18H27N3/c1-5-14(3)13-21(4)18-17-10-8-7-9-15(17)11-16(20-18)12-19-6-2/h7-11,14,19H,5-6,12-13H2,1-4H3. The van der Waals surface area contributed by atoms with E-state index in [2.05, 4.69) is 68.4 Å². The fraction of sp³-hybridized carbons (Fsp3) is 0.500. The normalized spacial score (nSPS) is 12.6. The van der Waals surface area contributed by atoms with E-state index < -0.39 is 0 Å². The van der Waals surface area contributed by atoms with Gasteiger partial charge in [0.1, 0.15) is 5.82 Å². The van der Waals surface area contributed by atoms with Crippen molar-refractivity contribution in [2.45, 2.75) is 33.7 Å². The maximum absolute atomic E-state index is 4.89. The van der Waals surface area contributed by atoms with Crippen LogP contribution in [0.25, 0.3) is 10.8 Å². The number of nitrogens with zero attached hydrogens (tertiary/aromatic N) is 2. The Bertz CT molecular complexity index is 580. The number of aromatic nitrogens is 1. The zero-order valence-corrected chi connectivity index (χ0v) is 13.7. The highest BCUT2D eigenvalue weighted by Crippen LogP contribution is 2.26. The van der Waals surface area contributed by atoms with Crippen LogP contribution in [0.15, 0.2) is 30.3 Å². The maximum Gasteiger partial charge on any atom is 0.136 e. The van der Waals surface area contributed by atoms with Crippen molar-refractivity contribution >= 4 is 16.6 Å². The van der Waals surface area contributed by atoms with E-state index in [1.54, 1.807) is 0 Å². The number of pyridine rings is 1. The summed E-state index contributed by atoms with van der Waals surface area (Å²) in [6, 6.07) is 10.7. The van der Waals surface area contributed by atoms with E-state index in [0.29, 0.717) is 5.92 Å². The molecule has 0 aliphatic carbocycles. The minimum Gasteiger partial charge on any atom is -0.359 e. The molecular formula is C18H27N3. The molecule has 0 amide bonds. The van der Waals surface area contributed by atoms with Gasteiger partial charge in [-0.05, 0) is 23.9 Å². The number of benzene rings is 1. The number of hydrogen-bond donors (Lipinski definition) is 1. The van der Waals surface area contributed by atoms with E-state index in [9.17, 15) is 0 Å². The molecule has 0 radical (unpaired) electrons. The second kappa shape index (κ2) is 7.41. The SMILES string of the molecule is CCNCc1cc2ccccc2c(N(C)CC(C)CC)n1. The number of hydrogen-bond acceptors (Lipinski definition) is 3. The minimum atomic E-state index is 0.674. The third-order valence-electron chi connectivity index (χ3n) is 3.97. The molecule has 0 aliphatic rings. The van der Waals surface area contributed by atoms with Gasteiger partial charge < -0.3 is 10.2 Å². The van der Waals surface area contributed by atoms with Crippen molar-refractivity contribution < 1.29 is 0 Å². The van der Waals surface area contributed by atoms with Gasteiger partial charge in [-0.25, -0.2) is 4.98 Å². The Morgan fingerprint density at radius 2 is 2.00 bits per heavy atom. The van der Waals surface area contributed by atoms with Crippen LogP contribution in [0.5, 0.6) is 0 Å². The molecule has 0 aliphatic heterocycles. The number of nitrogens with one attached hydrogen (secondary N) is 1. The van der Waals surface area contributed by atoms with Gasteiger partial charge in [-0.3, -0.25) is 0 Å². The van der Waals surface area contributed by atoms with Crippen LogP contribution in [0.3, 0.4) is 0 Å². The molecule has 0 saturated heterocycles. The van der Waals surface area contributed by atoms with Crippen molar-refractivity contribution in [3.05, 3.63) is 36.0 Å². The highest BCUT2D eigenvalue weighted by Gasteiger charge is 2.12. The first-order valence-electron chi connectivity index (χ1n) is 7.96. The Hall–Kier alpha value is -1.61. The second-order valence-electron chi connectivity index (χ2n) is 5.83. The fourth-order valence-corrected chi connectivity index (χ4v) is 2.55. The third kappa shape index (κ3) is 3.94. The summed E-state index contributed by atoms with van der Waals surface area (Å²) in [7, 11) is 2.15. The molecule has 1 unspecified atom stereocenters. The molecule has 2 aromatic rings. The van der Waals surface area contributed by atoms with Gasteiger partial charge in [0, 0.05) is 25.5 Å². The van der Waals surface area contributed by atoms with Crippen molar-refractivity contribution in [3.63, 3.8) is 0 Å². The van der Waals surface area contributed by atoms with Crippen LogP contribution in [0, 0.1) is 5.92 Å². The van der Waals surface area contributed by atoms with Gasteiger partial charge in [0.25, 0.3) is 0 Å². The van der Waals surface area contributed by atoms with Gasteiger partial charge in [-0.2, -0.15) is 0 Å². The summed E-state index contributed by atoms with van der Waals surface area (Å²) in [5.74, 6) is 1.77. The Morgan fingerprint density at radius 3 is 2.71 bits per heavy atom. The summed E-state index contributed by atoms with van der Waals surface area (Å²) in [6.07, 6.45) is 1.19. The van der Waals surface area contributed by atoms with E-state index in [1.165, 1.54) is 17.2 Å². The lowest BCUT2D eigenvalue weighted by Crippen LogP contribution is -2.25. The van der Waals surface area contributed by atoms with Crippen molar-refractivity contribution in [2.24, 2.45) is 5.92 Å². The van der Waals surface area contributed by atoms with Gasteiger partial charge in [-0.1, -0.05) is 51.5 Å². The molecule has 3 nitrogen and oxygen atoms in total. The first-order valence-corrected chi connectivity index (χ1v) is 7.96. The van der Waals surface area contributed by atoms with E-state index in [1.807, 2.05) is 0 Å². The van der Waals surface area contributed by atoms with Gasteiger partial charge in [0.2, 0.25) is 0 Å². The number of anilines is 1. The highest BCUT2D eigenvalue weighted by atomic mass is 15.2. The number of fused-ring (bicyclic) bond motifs is 1. The molecule has 2 rings (SSSR count). The smallest absolute Gasteiger partial charge is 0.136 e. The summed E-state index contributed by atoms with van der Waals surface area (Å²) < 4.78 is 0. The number of rotatable bonds is 7. The van der Waals surface area contributed by atoms with Crippen LogP contribution in [0.1, 0.15) is 32.9 Å². The maximum atomic E-state index is 4.89. The van der Waals surface area contributed by atoms with Crippen molar-refractivity contribution in [3.8, 4) is 0 Å². The highest BCUT2D eigenvalue weighted by molar-refractivity contribution is 5.92. The molecular weight excluding hydrogens is 258 g/mol. The van der Waals surface area contributed by atoms with E-state index >= 15 is 0 Å². The average molecular weight is 285 g/mol. The molecule has 0 spiro atoms.